The third kappa shape index (κ3) is 3.97. The van der Waals surface area contributed by atoms with Gasteiger partial charge in [0.25, 0.3) is 0 Å². The molecule has 1 aromatic carbocycles. The molecule has 3 N–H and O–H groups in total. The van der Waals surface area contributed by atoms with E-state index < -0.39 is 0 Å². The van der Waals surface area contributed by atoms with Gasteiger partial charge in [0.2, 0.25) is 5.91 Å². The number of nitrogens with one attached hydrogen (secondary N) is 3. The van der Waals surface area contributed by atoms with Gasteiger partial charge in [-0.05, 0) is 45.3 Å². The van der Waals surface area contributed by atoms with Gasteiger partial charge in [0, 0.05) is 18.6 Å². The van der Waals surface area contributed by atoms with E-state index in [4.69, 9.17) is 0 Å². The molecule has 2 unspecified atom stereocenters. The first-order chi connectivity index (χ1) is 11.6. The van der Waals surface area contributed by atoms with Gasteiger partial charge < -0.3 is 5.32 Å². The van der Waals surface area contributed by atoms with E-state index >= 15 is 0 Å². The topological polar surface area (TPSA) is 56.4 Å². The van der Waals surface area contributed by atoms with E-state index in [9.17, 15) is 4.79 Å². The van der Waals surface area contributed by atoms with Crippen LogP contribution in [0.4, 0.5) is 0 Å². The van der Waals surface area contributed by atoms with Crippen molar-refractivity contribution in [2.45, 2.75) is 44.7 Å². The van der Waals surface area contributed by atoms with E-state index in [1.54, 1.807) is 0 Å². The molecule has 1 amide bonds. The number of hydrazine groups is 1. The molecule has 0 spiro atoms. The Morgan fingerprint density at radius 3 is 2.62 bits per heavy atom. The van der Waals surface area contributed by atoms with E-state index in [1.807, 2.05) is 18.2 Å². The number of piperidine rings is 1. The molecule has 1 aromatic rings. The number of nitrogens with zero attached hydrogens (tertiary/aromatic N) is 1. The SMILES string of the molecule is CC(C)(CNC(=O)C1CNNC1c1ccccc1)N1CCCCC1. The number of hydrogen-bond donors (Lipinski definition) is 3. The molecule has 24 heavy (non-hydrogen) atoms. The summed E-state index contributed by atoms with van der Waals surface area (Å²) in [4.78, 5) is 15.3. The first kappa shape index (κ1) is 17.4. The molecule has 3 rings (SSSR count). The lowest BCUT2D eigenvalue weighted by Gasteiger charge is -2.41. The Morgan fingerprint density at radius 2 is 1.92 bits per heavy atom. The molecule has 2 saturated heterocycles. The van der Waals surface area contributed by atoms with Crippen molar-refractivity contribution in [1.29, 1.82) is 0 Å². The van der Waals surface area contributed by atoms with E-state index in [0.29, 0.717) is 13.1 Å². The summed E-state index contributed by atoms with van der Waals surface area (Å²) in [5.41, 5.74) is 7.55. The van der Waals surface area contributed by atoms with E-state index in [2.05, 4.69) is 47.0 Å². The molecule has 5 heteroatoms. The predicted molar refractivity (Wildman–Crippen MR) is 96.3 cm³/mol. The molecule has 2 aliphatic rings. The van der Waals surface area contributed by atoms with Crippen LogP contribution in [0.3, 0.4) is 0 Å². The van der Waals surface area contributed by atoms with Crippen molar-refractivity contribution < 1.29 is 4.79 Å². The molecule has 0 aromatic heterocycles. The van der Waals surface area contributed by atoms with Crippen LogP contribution in [0.15, 0.2) is 30.3 Å². The van der Waals surface area contributed by atoms with Crippen LogP contribution < -0.4 is 16.2 Å². The summed E-state index contributed by atoms with van der Waals surface area (Å²) < 4.78 is 0. The lowest BCUT2D eigenvalue weighted by Crippen LogP contribution is -2.54. The van der Waals surface area contributed by atoms with Crippen molar-refractivity contribution in [3.8, 4) is 0 Å². The second-order valence-electron chi connectivity index (χ2n) is 7.60. The standard InChI is InChI=1S/C19H30N4O/c1-19(2,23-11-7-4-8-12-23)14-20-18(24)16-13-21-22-17(16)15-9-5-3-6-10-15/h3,5-6,9-10,16-17,21-22H,4,7-8,11-14H2,1-2H3,(H,20,24). The van der Waals surface area contributed by atoms with Crippen LogP contribution in [0.1, 0.15) is 44.7 Å². The van der Waals surface area contributed by atoms with Crippen LogP contribution in [0, 0.1) is 5.92 Å². The number of carbonyl (C=O) groups excluding carboxylic acids is 1. The Balaban J connectivity index is 1.58. The molecule has 0 radical (unpaired) electrons. The maximum Gasteiger partial charge on any atom is 0.226 e. The largest absolute Gasteiger partial charge is 0.354 e. The van der Waals surface area contributed by atoms with Gasteiger partial charge in [-0.3, -0.25) is 15.1 Å². The number of benzene rings is 1. The van der Waals surface area contributed by atoms with E-state index in [0.717, 1.165) is 18.7 Å². The summed E-state index contributed by atoms with van der Waals surface area (Å²) in [6.07, 6.45) is 3.87. The van der Waals surface area contributed by atoms with Crippen LogP contribution in [-0.4, -0.2) is 42.5 Å². The molecule has 5 nitrogen and oxygen atoms in total. The summed E-state index contributed by atoms with van der Waals surface area (Å²) in [7, 11) is 0. The maximum absolute atomic E-state index is 12.7. The minimum Gasteiger partial charge on any atom is -0.354 e. The molecule has 0 aliphatic carbocycles. The fraction of sp³-hybridized carbons (Fsp3) is 0.632. The van der Waals surface area contributed by atoms with Crippen LogP contribution in [-0.2, 0) is 4.79 Å². The lowest BCUT2D eigenvalue weighted by molar-refractivity contribution is -0.125. The number of rotatable bonds is 5. The van der Waals surface area contributed by atoms with E-state index in [-0.39, 0.29) is 23.4 Å². The van der Waals surface area contributed by atoms with Crippen molar-refractivity contribution in [1.82, 2.24) is 21.1 Å². The highest BCUT2D eigenvalue weighted by Crippen LogP contribution is 2.25. The Kier molecular flexibility index (Phi) is 5.54. The molecule has 2 atom stereocenters. The Bertz CT molecular complexity index is 540. The second-order valence-corrected chi connectivity index (χ2v) is 7.60. The van der Waals surface area contributed by atoms with Crippen molar-refractivity contribution in [3.63, 3.8) is 0 Å². The second kappa shape index (κ2) is 7.64. The van der Waals surface area contributed by atoms with Crippen molar-refractivity contribution in [2.24, 2.45) is 5.92 Å². The van der Waals surface area contributed by atoms with Gasteiger partial charge in [-0.2, -0.15) is 0 Å². The quantitative estimate of drug-likeness (QED) is 0.771. The number of likely N-dealkylation sites (tertiary alicyclic amines) is 1. The molecular weight excluding hydrogens is 300 g/mol. The summed E-state index contributed by atoms with van der Waals surface area (Å²) in [6.45, 7) is 8.11. The van der Waals surface area contributed by atoms with E-state index in [1.165, 1.54) is 19.3 Å². The summed E-state index contributed by atoms with van der Waals surface area (Å²) in [5.74, 6) is 0.0518. The first-order valence-corrected chi connectivity index (χ1v) is 9.14. The average molecular weight is 330 g/mol. The molecule has 2 aliphatic heterocycles. The zero-order valence-corrected chi connectivity index (χ0v) is 14.8. The number of carbonyl (C=O) groups is 1. The molecule has 0 saturated carbocycles. The molecule has 2 heterocycles. The minimum atomic E-state index is -0.0791. The zero-order valence-electron chi connectivity index (χ0n) is 14.8. The first-order valence-electron chi connectivity index (χ1n) is 9.14. The van der Waals surface area contributed by atoms with Gasteiger partial charge in [-0.1, -0.05) is 36.8 Å². The van der Waals surface area contributed by atoms with Gasteiger partial charge in [0.15, 0.2) is 0 Å². The highest BCUT2D eigenvalue weighted by molar-refractivity contribution is 5.80. The van der Waals surface area contributed by atoms with Gasteiger partial charge in [-0.25, -0.2) is 5.43 Å². The normalized spacial score (nSPS) is 25.6. The summed E-state index contributed by atoms with van der Waals surface area (Å²) in [6, 6.07) is 10.2. The molecule has 0 bridgehead atoms. The van der Waals surface area contributed by atoms with Crippen LogP contribution in [0.2, 0.25) is 0 Å². The molecule has 132 valence electrons. The summed E-state index contributed by atoms with van der Waals surface area (Å²) in [5, 5.41) is 3.20. The van der Waals surface area contributed by atoms with Crippen molar-refractivity contribution in [2.75, 3.05) is 26.2 Å². The van der Waals surface area contributed by atoms with Crippen molar-refractivity contribution >= 4 is 5.91 Å². The fourth-order valence-corrected chi connectivity index (χ4v) is 3.76. The maximum atomic E-state index is 12.7. The number of hydrogen-bond acceptors (Lipinski definition) is 4. The predicted octanol–water partition coefficient (Wildman–Crippen LogP) is 1.83. The Morgan fingerprint density at radius 1 is 1.21 bits per heavy atom. The smallest absolute Gasteiger partial charge is 0.226 e. The van der Waals surface area contributed by atoms with Gasteiger partial charge in [-0.15, -0.1) is 0 Å². The monoisotopic (exact) mass is 330 g/mol. The highest BCUT2D eigenvalue weighted by Gasteiger charge is 2.35. The fourth-order valence-electron chi connectivity index (χ4n) is 3.76. The van der Waals surface area contributed by atoms with Crippen molar-refractivity contribution in [3.05, 3.63) is 35.9 Å². The van der Waals surface area contributed by atoms with Gasteiger partial charge in [0.05, 0.1) is 12.0 Å². The Hall–Kier alpha value is -1.43. The van der Waals surface area contributed by atoms with Gasteiger partial charge >= 0.3 is 0 Å². The lowest BCUT2D eigenvalue weighted by atomic mass is 9.93. The molecular formula is C19H30N4O. The third-order valence-corrected chi connectivity index (χ3v) is 5.38. The zero-order chi connectivity index (χ0) is 17.0. The summed E-state index contributed by atoms with van der Waals surface area (Å²) >= 11 is 0. The van der Waals surface area contributed by atoms with Crippen LogP contribution in [0.25, 0.3) is 0 Å². The minimum absolute atomic E-state index is 0.0117. The highest BCUT2D eigenvalue weighted by atomic mass is 16.2. The average Bonchev–Trinajstić information content (AvgIpc) is 3.11. The Labute approximate surface area is 145 Å². The third-order valence-electron chi connectivity index (χ3n) is 5.38. The van der Waals surface area contributed by atoms with Gasteiger partial charge in [0.1, 0.15) is 0 Å². The van der Waals surface area contributed by atoms with Crippen LogP contribution in [0.5, 0.6) is 0 Å². The number of amides is 1. The van der Waals surface area contributed by atoms with Crippen LogP contribution >= 0.6 is 0 Å². The molecule has 2 fully saturated rings.